The molecule has 10 heavy (non-hydrogen) atoms. The largest absolute Gasteiger partial charge is 0.308 e. The monoisotopic (exact) mass is 136 g/mol. The normalized spacial score (nSPS) is 9.90. The van der Waals surface area contributed by atoms with E-state index in [2.05, 4.69) is 11.6 Å². The van der Waals surface area contributed by atoms with Crippen molar-refractivity contribution in [3.05, 3.63) is 24.3 Å². The first-order valence-corrected chi connectivity index (χ1v) is 3.29. The number of aryl methyl sites for hydroxylation is 2. The molecular weight excluding hydrogens is 124 g/mol. The summed E-state index contributed by atoms with van der Waals surface area (Å²) in [5.74, 6) is 1.00. The van der Waals surface area contributed by atoms with Gasteiger partial charge in [0, 0.05) is 11.9 Å². The van der Waals surface area contributed by atoms with Crippen LogP contribution in [0, 0.1) is 13.8 Å². The smallest absolute Gasteiger partial charge is 0.110 e. The fourth-order valence-corrected chi connectivity index (χ4v) is 1.00. The molecule has 0 bridgehead atoms. The lowest BCUT2D eigenvalue weighted by Crippen LogP contribution is -1.92. The van der Waals surface area contributed by atoms with E-state index >= 15 is 0 Å². The highest BCUT2D eigenvalue weighted by Gasteiger charge is 1.98. The van der Waals surface area contributed by atoms with Gasteiger partial charge in [-0.2, -0.15) is 0 Å². The predicted octanol–water partition coefficient (Wildman–Crippen LogP) is 1.99. The third-order valence-electron chi connectivity index (χ3n) is 1.41. The molecule has 0 aliphatic heterocycles. The summed E-state index contributed by atoms with van der Waals surface area (Å²) in [5.41, 5.74) is 2.05. The van der Waals surface area contributed by atoms with E-state index in [-0.39, 0.29) is 0 Å². The van der Waals surface area contributed by atoms with Crippen LogP contribution in [-0.4, -0.2) is 9.55 Å². The molecule has 0 spiro atoms. The molecule has 2 nitrogen and oxygen atoms in total. The lowest BCUT2D eigenvalue weighted by molar-refractivity contribution is 0.991. The van der Waals surface area contributed by atoms with E-state index < -0.39 is 0 Å². The highest BCUT2D eigenvalue weighted by Crippen LogP contribution is 2.06. The van der Waals surface area contributed by atoms with Gasteiger partial charge < -0.3 is 4.57 Å². The Balaban J connectivity index is 3.15. The Kier molecular flexibility index (Phi) is 1.62. The minimum atomic E-state index is 1.00. The van der Waals surface area contributed by atoms with Crippen LogP contribution in [0.3, 0.4) is 0 Å². The molecule has 54 valence electrons. The molecule has 0 aromatic carbocycles. The second-order valence-electron chi connectivity index (χ2n) is 2.53. The number of hydrogen-bond donors (Lipinski definition) is 0. The number of hydrogen-bond acceptors (Lipinski definition) is 1. The van der Waals surface area contributed by atoms with E-state index in [4.69, 9.17) is 0 Å². The standard InChI is InChI=1S/C8H12N2/c1-6(2)10-5-7(3)9-8(10)4/h5H,1H2,2-4H3. The summed E-state index contributed by atoms with van der Waals surface area (Å²) < 4.78 is 1.98. The van der Waals surface area contributed by atoms with Crippen molar-refractivity contribution in [1.82, 2.24) is 9.55 Å². The van der Waals surface area contributed by atoms with E-state index in [1.807, 2.05) is 31.5 Å². The van der Waals surface area contributed by atoms with Gasteiger partial charge in [-0.05, 0) is 20.8 Å². The van der Waals surface area contributed by atoms with Gasteiger partial charge in [0.2, 0.25) is 0 Å². The molecule has 0 unspecified atom stereocenters. The van der Waals surface area contributed by atoms with Crippen molar-refractivity contribution in [2.75, 3.05) is 0 Å². The average Bonchev–Trinajstić information content (AvgIpc) is 2.10. The van der Waals surface area contributed by atoms with Crippen LogP contribution in [0.2, 0.25) is 0 Å². The van der Waals surface area contributed by atoms with Crippen molar-refractivity contribution in [3.63, 3.8) is 0 Å². The first-order chi connectivity index (χ1) is 4.61. The Bertz CT molecular complexity index is 258. The van der Waals surface area contributed by atoms with Gasteiger partial charge in [-0.15, -0.1) is 0 Å². The quantitative estimate of drug-likeness (QED) is 0.577. The molecule has 0 saturated carbocycles. The Labute approximate surface area is 61.2 Å². The van der Waals surface area contributed by atoms with Crippen LogP contribution in [0.4, 0.5) is 0 Å². The highest BCUT2D eigenvalue weighted by atomic mass is 15.1. The Morgan fingerprint density at radius 1 is 1.60 bits per heavy atom. The third-order valence-corrected chi connectivity index (χ3v) is 1.41. The SMILES string of the molecule is C=C(C)n1cc(C)nc1C. The van der Waals surface area contributed by atoms with E-state index in [1.165, 1.54) is 0 Å². The molecule has 0 saturated heterocycles. The van der Waals surface area contributed by atoms with Crippen molar-refractivity contribution in [1.29, 1.82) is 0 Å². The molecule has 1 rings (SSSR count). The zero-order valence-corrected chi connectivity index (χ0v) is 6.68. The van der Waals surface area contributed by atoms with Crippen molar-refractivity contribution < 1.29 is 0 Å². The van der Waals surface area contributed by atoms with Gasteiger partial charge in [0.25, 0.3) is 0 Å². The second kappa shape index (κ2) is 2.29. The van der Waals surface area contributed by atoms with Crippen LogP contribution in [-0.2, 0) is 0 Å². The maximum absolute atomic E-state index is 4.23. The summed E-state index contributed by atoms with van der Waals surface area (Å²) in [6.07, 6.45) is 1.98. The first kappa shape index (κ1) is 7.06. The van der Waals surface area contributed by atoms with Gasteiger partial charge in [-0.3, -0.25) is 0 Å². The van der Waals surface area contributed by atoms with Gasteiger partial charge in [0.05, 0.1) is 5.69 Å². The molecule has 0 atom stereocenters. The van der Waals surface area contributed by atoms with E-state index in [0.717, 1.165) is 17.2 Å². The molecule has 2 heteroatoms. The number of aromatic nitrogens is 2. The fourth-order valence-electron chi connectivity index (χ4n) is 1.00. The fraction of sp³-hybridized carbons (Fsp3) is 0.375. The van der Waals surface area contributed by atoms with E-state index in [0.29, 0.717) is 0 Å². The van der Waals surface area contributed by atoms with Gasteiger partial charge in [-0.1, -0.05) is 6.58 Å². The van der Waals surface area contributed by atoms with Crippen molar-refractivity contribution in [3.8, 4) is 0 Å². The lowest BCUT2D eigenvalue weighted by Gasteiger charge is -1.99. The molecule has 1 heterocycles. The predicted molar refractivity (Wildman–Crippen MR) is 42.7 cm³/mol. The van der Waals surface area contributed by atoms with Crippen molar-refractivity contribution >= 4 is 5.70 Å². The van der Waals surface area contributed by atoms with Gasteiger partial charge >= 0.3 is 0 Å². The molecular formula is C8H12N2. The number of nitrogens with zero attached hydrogens (tertiary/aromatic N) is 2. The Hall–Kier alpha value is -1.05. The molecule has 0 N–H and O–H groups in total. The molecule has 0 aliphatic carbocycles. The minimum Gasteiger partial charge on any atom is -0.308 e. The summed E-state index contributed by atoms with van der Waals surface area (Å²) in [4.78, 5) is 4.23. The van der Waals surface area contributed by atoms with Crippen LogP contribution < -0.4 is 0 Å². The number of imidazole rings is 1. The summed E-state index contributed by atoms with van der Waals surface area (Å²) in [5, 5.41) is 0. The summed E-state index contributed by atoms with van der Waals surface area (Å²) in [6.45, 7) is 9.74. The molecule has 0 amide bonds. The van der Waals surface area contributed by atoms with Gasteiger partial charge in [0.15, 0.2) is 0 Å². The van der Waals surface area contributed by atoms with Gasteiger partial charge in [-0.25, -0.2) is 4.98 Å². The maximum Gasteiger partial charge on any atom is 0.110 e. The number of rotatable bonds is 1. The first-order valence-electron chi connectivity index (χ1n) is 3.29. The average molecular weight is 136 g/mol. The second-order valence-corrected chi connectivity index (χ2v) is 2.53. The van der Waals surface area contributed by atoms with Crippen LogP contribution >= 0.6 is 0 Å². The maximum atomic E-state index is 4.23. The third kappa shape index (κ3) is 1.10. The van der Waals surface area contributed by atoms with Gasteiger partial charge in [0.1, 0.15) is 5.82 Å². The van der Waals surface area contributed by atoms with Crippen molar-refractivity contribution in [2.45, 2.75) is 20.8 Å². The molecule has 1 aromatic rings. The van der Waals surface area contributed by atoms with Crippen LogP contribution in [0.15, 0.2) is 12.8 Å². The van der Waals surface area contributed by atoms with Crippen LogP contribution in [0.5, 0.6) is 0 Å². The summed E-state index contributed by atoms with van der Waals surface area (Å²) >= 11 is 0. The Morgan fingerprint density at radius 2 is 2.20 bits per heavy atom. The van der Waals surface area contributed by atoms with Crippen molar-refractivity contribution in [2.24, 2.45) is 0 Å². The number of allylic oxidation sites excluding steroid dienone is 1. The highest BCUT2D eigenvalue weighted by molar-refractivity contribution is 5.39. The summed E-state index contributed by atoms with van der Waals surface area (Å²) in [6, 6.07) is 0. The zero-order valence-electron chi connectivity index (χ0n) is 6.68. The lowest BCUT2D eigenvalue weighted by atomic mass is 10.5. The van der Waals surface area contributed by atoms with E-state index in [9.17, 15) is 0 Å². The minimum absolute atomic E-state index is 1.00. The Morgan fingerprint density at radius 3 is 2.40 bits per heavy atom. The van der Waals surface area contributed by atoms with Crippen LogP contribution in [0.1, 0.15) is 18.4 Å². The molecule has 1 aromatic heterocycles. The van der Waals surface area contributed by atoms with E-state index in [1.54, 1.807) is 0 Å². The zero-order chi connectivity index (χ0) is 7.72. The molecule has 0 radical (unpaired) electrons. The molecule has 0 fully saturated rings. The topological polar surface area (TPSA) is 17.8 Å². The molecule has 0 aliphatic rings. The van der Waals surface area contributed by atoms with Crippen LogP contribution in [0.25, 0.3) is 5.70 Å². The summed E-state index contributed by atoms with van der Waals surface area (Å²) in [7, 11) is 0.